The Morgan fingerprint density at radius 2 is 1.45 bits per heavy atom. The van der Waals surface area contributed by atoms with Crippen LogP contribution in [0.1, 0.15) is 5.56 Å². The molecule has 102 valence electrons. The molecule has 2 N–H and O–H groups in total. The molecule has 3 heteroatoms. The molecule has 0 heterocycles. The Morgan fingerprint density at radius 1 is 0.950 bits per heavy atom. The molecular weight excluding hydrogens is 248 g/mol. The fourth-order valence-corrected chi connectivity index (χ4v) is 1.92. The third-order valence-electron chi connectivity index (χ3n) is 3.07. The van der Waals surface area contributed by atoms with Gasteiger partial charge in [0.1, 0.15) is 0 Å². The van der Waals surface area contributed by atoms with Gasteiger partial charge in [-0.05, 0) is 34.9 Å². The van der Waals surface area contributed by atoms with Gasteiger partial charge in [-0.3, -0.25) is 4.79 Å². The lowest BCUT2D eigenvalue weighted by Gasteiger charge is -2.12. The summed E-state index contributed by atoms with van der Waals surface area (Å²) < 4.78 is 0. The number of nitrogens with two attached hydrogens (primary N) is 1. The molecule has 0 aliphatic rings. The number of carbonyl (C=O) groups is 1. The Hall–Kier alpha value is -2.55. The largest absolute Gasteiger partial charge is 0.378 e. The standard InChI is InChI=1S/C17H18N2O/c1-19(2)16-10-8-15(9-11-16)14-6-3-13(4-7-14)5-12-17(18)20/h3-12H,1-2H3,(H2,18,20)/b12-5+. The van der Waals surface area contributed by atoms with E-state index in [0.717, 1.165) is 11.1 Å². The minimum atomic E-state index is -0.437. The average molecular weight is 266 g/mol. The van der Waals surface area contributed by atoms with Gasteiger partial charge >= 0.3 is 0 Å². The molecule has 0 saturated heterocycles. The topological polar surface area (TPSA) is 46.3 Å². The predicted octanol–water partition coefficient (Wildman–Crippen LogP) is 2.92. The number of benzene rings is 2. The van der Waals surface area contributed by atoms with E-state index in [1.54, 1.807) is 6.08 Å². The molecule has 0 spiro atoms. The second-order valence-electron chi connectivity index (χ2n) is 4.80. The van der Waals surface area contributed by atoms with Crippen molar-refractivity contribution in [3.63, 3.8) is 0 Å². The van der Waals surface area contributed by atoms with Crippen LogP contribution in [0.15, 0.2) is 54.6 Å². The van der Waals surface area contributed by atoms with E-state index in [2.05, 4.69) is 29.2 Å². The molecular formula is C17H18N2O. The van der Waals surface area contributed by atoms with E-state index in [9.17, 15) is 4.79 Å². The maximum atomic E-state index is 10.7. The molecule has 0 aliphatic carbocycles. The summed E-state index contributed by atoms with van der Waals surface area (Å²) in [5.41, 5.74) is 9.51. The van der Waals surface area contributed by atoms with E-state index in [1.165, 1.54) is 17.3 Å². The number of rotatable bonds is 4. The van der Waals surface area contributed by atoms with Crippen molar-refractivity contribution in [3.8, 4) is 11.1 Å². The number of amides is 1. The molecule has 0 saturated carbocycles. The van der Waals surface area contributed by atoms with Gasteiger partial charge < -0.3 is 10.6 Å². The Labute approximate surface area is 119 Å². The van der Waals surface area contributed by atoms with Gasteiger partial charge in [-0.15, -0.1) is 0 Å². The first-order valence-electron chi connectivity index (χ1n) is 6.41. The molecule has 0 fully saturated rings. The molecule has 2 aromatic carbocycles. The first kappa shape index (κ1) is 13.9. The molecule has 2 rings (SSSR count). The van der Waals surface area contributed by atoms with Crippen LogP contribution in [0.2, 0.25) is 0 Å². The summed E-state index contributed by atoms with van der Waals surface area (Å²) >= 11 is 0. The summed E-state index contributed by atoms with van der Waals surface area (Å²) in [5.74, 6) is -0.437. The van der Waals surface area contributed by atoms with Crippen LogP contribution < -0.4 is 10.6 Å². The van der Waals surface area contributed by atoms with Gasteiger partial charge in [-0.2, -0.15) is 0 Å². The Bertz CT molecular complexity index is 610. The highest BCUT2D eigenvalue weighted by Gasteiger charge is 1.99. The van der Waals surface area contributed by atoms with E-state index in [4.69, 9.17) is 5.73 Å². The van der Waals surface area contributed by atoms with Crippen molar-refractivity contribution < 1.29 is 4.79 Å². The molecule has 2 aromatic rings. The first-order chi connectivity index (χ1) is 9.56. The van der Waals surface area contributed by atoms with Crippen molar-refractivity contribution in [1.82, 2.24) is 0 Å². The van der Waals surface area contributed by atoms with Gasteiger partial charge in [-0.1, -0.05) is 36.4 Å². The zero-order chi connectivity index (χ0) is 14.5. The Kier molecular flexibility index (Phi) is 4.20. The lowest BCUT2D eigenvalue weighted by molar-refractivity contribution is -0.113. The SMILES string of the molecule is CN(C)c1ccc(-c2ccc(/C=C/C(N)=O)cc2)cc1. The first-order valence-corrected chi connectivity index (χ1v) is 6.41. The number of hydrogen-bond acceptors (Lipinski definition) is 2. The third kappa shape index (κ3) is 3.48. The minimum absolute atomic E-state index is 0.437. The molecule has 0 atom stereocenters. The summed E-state index contributed by atoms with van der Waals surface area (Å²) in [7, 11) is 4.05. The van der Waals surface area contributed by atoms with E-state index in [1.807, 2.05) is 38.4 Å². The molecule has 0 aromatic heterocycles. The maximum absolute atomic E-state index is 10.7. The van der Waals surface area contributed by atoms with Crippen LogP contribution in [0.4, 0.5) is 5.69 Å². The molecule has 0 bridgehead atoms. The number of anilines is 1. The Morgan fingerprint density at radius 3 is 1.90 bits per heavy atom. The van der Waals surface area contributed by atoms with Gasteiger partial charge in [0.2, 0.25) is 5.91 Å². The molecule has 1 amide bonds. The van der Waals surface area contributed by atoms with E-state index in [-0.39, 0.29) is 0 Å². The molecule has 0 unspecified atom stereocenters. The van der Waals surface area contributed by atoms with Gasteiger partial charge in [0.15, 0.2) is 0 Å². The lowest BCUT2D eigenvalue weighted by atomic mass is 10.0. The molecule has 20 heavy (non-hydrogen) atoms. The van der Waals surface area contributed by atoms with Crippen LogP contribution in [-0.2, 0) is 4.79 Å². The average Bonchev–Trinajstić information content (AvgIpc) is 2.46. The van der Waals surface area contributed by atoms with Crippen LogP contribution in [0.25, 0.3) is 17.2 Å². The summed E-state index contributed by atoms with van der Waals surface area (Å²) in [6.45, 7) is 0. The fraction of sp³-hybridized carbons (Fsp3) is 0.118. The molecule has 3 nitrogen and oxygen atoms in total. The van der Waals surface area contributed by atoms with Crippen molar-refractivity contribution in [1.29, 1.82) is 0 Å². The predicted molar refractivity (Wildman–Crippen MR) is 84.4 cm³/mol. The minimum Gasteiger partial charge on any atom is -0.378 e. The van der Waals surface area contributed by atoms with Crippen LogP contribution in [0.5, 0.6) is 0 Å². The van der Waals surface area contributed by atoms with Crippen LogP contribution in [-0.4, -0.2) is 20.0 Å². The van der Waals surface area contributed by atoms with Crippen molar-refractivity contribution in [2.75, 3.05) is 19.0 Å². The van der Waals surface area contributed by atoms with E-state index < -0.39 is 5.91 Å². The van der Waals surface area contributed by atoms with Crippen molar-refractivity contribution >= 4 is 17.7 Å². The highest BCUT2D eigenvalue weighted by molar-refractivity contribution is 5.90. The van der Waals surface area contributed by atoms with Crippen LogP contribution >= 0.6 is 0 Å². The van der Waals surface area contributed by atoms with Gasteiger partial charge in [0.25, 0.3) is 0 Å². The van der Waals surface area contributed by atoms with Gasteiger partial charge in [-0.25, -0.2) is 0 Å². The maximum Gasteiger partial charge on any atom is 0.241 e. The third-order valence-corrected chi connectivity index (χ3v) is 3.07. The highest BCUT2D eigenvalue weighted by Crippen LogP contribution is 2.23. The summed E-state index contributed by atoms with van der Waals surface area (Å²) in [6, 6.07) is 16.4. The van der Waals surface area contributed by atoms with E-state index >= 15 is 0 Å². The van der Waals surface area contributed by atoms with E-state index in [0.29, 0.717) is 0 Å². The molecule has 0 aliphatic heterocycles. The normalized spacial score (nSPS) is 10.7. The smallest absolute Gasteiger partial charge is 0.241 e. The monoisotopic (exact) mass is 266 g/mol. The van der Waals surface area contributed by atoms with Gasteiger partial charge in [0.05, 0.1) is 0 Å². The fourth-order valence-electron chi connectivity index (χ4n) is 1.92. The second-order valence-corrected chi connectivity index (χ2v) is 4.80. The summed E-state index contributed by atoms with van der Waals surface area (Å²) in [5, 5.41) is 0. The number of nitrogens with zero attached hydrogens (tertiary/aromatic N) is 1. The van der Waals surface area contributed by atoms with Crippen LogP contribution in [0, 0.1) is 0 Å². The second kappa shape index (κ2) is 6.06. The quantitative estimate of drug-likeness (QED) is 0.865. The number of carbonyl (C=O) groups excluding carboxylic acids is 1. The van der Waals surface area contributed by atoms with Crippen molar-refractivity contribution in [3.05, 3.63) is 60.2 Å². The van der Waals surface area contributed by atoms with Crippen molar-refractivity contribution in [2.45, 2.75) is 0 Å². The Balaban J connectivity index is 2.19. The summed E-state index contributed by atoms with van der Waals surface area (Å²) in [4.78, 5) is 12.8. The number of primary amides is 1. The lowest BCUT2D eigenvalue weighted by Crippen LogP contribution is -2.07. The molecule has 0 radical (unpaired) electrons. The van der Waals surface area contributed by atoms with Crippen LogP contribution in [0.3, 0.4) is 0 Å². The number of hydrogen-bond donors (Lipinski definition) is 1. The zero-order valence-electron chi connectivity index (χ0n) is 11.7. The van der Waals surface area contributed by atoms with Gasteiger partial charge in [0, 0.05) is 25.9 Å². The summed E-state index contributed by atoms with van der Waals surface area (Å²) in [6.07, 6.45) is 3.07. The zero-order valence-corrected chi connectivity index (χ0v) is 11.7. The van der Waals surface area contributed by atoms with Crippen molar-refractivity contribution in [2.24, 2.45) is 5.73 Å². The highest BCUT2D eigenvalue weighted by atomic mass is 16.1.